The Balaban J connectivity index is 1.39. The molecule has 2 aliphatic heterocycles. The van der Waals surface area contributed by atoms with Gasteiger partial charge in [-0.05, 0) is 84.6 Å². The number of rotatable bonds is 6. The summed E-state index contributed by atoms with van der Waals surface area (Å²) in [6.07, 6.45) is 2.98. The normalized spacial score (nSPS) is 17.2. The number of nitrogens with one attached hydrogen (secondary N) is 1. The number of nitro benzene ring substituents is 1. The summed E-state index contributed by atoms with van der Waals surface area (Å²) in [5.74, 6) is -0.173. The van der Waals surface area contributed by atoms with Gasteiger partial charge in [-0.1, -0.05) is 35.9 Å². The molecule has 0 aliphatic carbocycles. The molecule has 2 amide bonds. The first kappa shape index (κ1) is 27.3. The monoisotopic (exact) mass is 576 g/mol. The number of thiocarbonyl (C=S) groups is 1. The lowest BCUT2D eigenvalue weighted by atomic mass is 9.88. The summed E-state index contributed by atoms with van der Waals surface area (Å²) in [5, 5.41) is 15.0. The lowest BCUT2D eigenvalue weighted by Gasteiger charge is -2.34. The average Bonchev–Trinajstić information content (AvgIpc) is 2.96. The summed E-state index contributed by atoms with van der Waals surface area (Å²) in [5.41, 5.74) is 2.13. The van der Waals surface area contributed by atoms with Gasteiger partial charge in [0.25, 0.3) is 17.5 Å². The fourth-order valence-corrected chi connectivity index (χ4v) is 5.53. The Morgan fingerprint density at radius 1 is 1.07 bits per heavy atom. The predicted octanol–water partition coefficient (Wildman–Crippen LogP) is 5.47. The van der Waals surface area contributed by atoms with Gasteiger partial charge in [0.15, 0.2) is 5.11 Å². The Bertz CT molecular complexity index is 1530. The number of benzene rings is 3. The third-order valence-electron chi connectivity index (χ3n) is 7.11. The van der Waals surface area contributed by atoms with Gasteiger partial charge in [0.2, 0.25) is 0 Å². The Hall–Kier alpha value is -4.28. The van der Waals surface area contributed by atoms with Crippen LogP contribution in [0.5, 0.6) is 5.75 Å². The van der Waals surface area contributed by atoms with Crippen molar-refractivity contribution in [3.63, 3.8) is 0 Å². The smallest absolute Gasteiger partial charge is 0.293 e. The number of hydrogen-bond donors (Lipinski definition) is 1. The fourth-order valence-electron chi connectivity index (χ4n) is 5.13. The summed E-state index contributed by atoms with van der Waals surface area (Å²) in [6.45, 7) is 1.27. The van der Waals surface area contributed by atoms with Crippen molar-refractivity contribution >= 4 is 63.9 Å². The molecule has 0 unspecified atom stereocenters. The van der Waals surface area contributed by atoms with E-state index < -0.39 is 16.7 Å². The van der Waals surface area contributed by atoms with Crippen LogP contribution in [0.3, 0.4) is 0 Å². The molecule has 0 saturated carbocycles. The molecular formula is C29H25ClN4O5S. The zero-order chi connectivity index (χ0) is 28.4. The van der Waals surface area contributed by atoms with E-state index in [2.05, 4.69) is 11.4 Å². The van der Waals surface area contributed by atoms with Crippen molar-refractivity contribution in [1.29, 1.82) is 0 Å². The number of halogens is 1. The first-order valence-corrected chi connectivity index (χ1v) is 13.4. The van der Waals surface area contributed by atoms with Crippen molar-refractivity contribution in [2.24, 2.45) is 0 Å². The molecule has 0 aromatic heterocycles. The summed E-state index contributed by atoms with van der Waals surface area (Å²) in [4.78, 5) is 40.8. The number of nitro groups is 1. The van der Waals surface area contributed by atoms with Crippen LogP contribution in [0.1, 0.15) is 29.9 Å². The first-order valence-electron chi connectivity index (χ1n) is 12.6. The third-order valence-corrected chi connectivity index (χ3v) is 7.64. The molecule has 0 atom stereocenters. The number of anilines is 2. The van der Waals surface area contributed by atoms with E-state index in [1.165, 1.54) is 17.0 Å². The van der Waals surface area contributed by atoms with E-state index >= 15 is 0 Å². The quantitative estimate of drug-likeness (QED) is 0.136. The van der Waals surface area contributed by atoms with Crippen molar-refractivity contribution in [3.05, 3.63) is 98.6 Å². The molecule has 3 aromatic carbocycles. The van der Waals surface area contributed by atoms with Gasteiger partial charge in [-0.25, -0.2) is 0 Å². The molecule has 2 heterocycles. The molecule has 2 aliphatic rings. The molecule has 0 spiro atoms. The number of nitrogens with zero attached hydrogens (tertiary/aromatic N) is 3. The van der Waals surface area contributed by atoms with Gasteiger partial charge in [-0.15, -0.1) is 0 Å². The SMILES string of the molecule is COc1ccccc1C1CCN(c2ccc(C=C3C(=O)NC(=S)N(c4ccc(Cl)cc4)C3=O)cc2[N+](=O)[O-])CC1. The van der Waals surface area contributed by atoms with Crippen molar-refractivity contribution in [3.8, 4) is 5.75 Å². The maximum atomic E-state index is 13.3. The second kappa shape index (κ2) is 11.4. The minimum Gasteiger partial charge on any atom is -0.496 e. The van der Waals surface area contributed by atoms with Crippen LogP contribution in [0.25, 0.3) is 6.08 Å². The highest BCUT2D eigenvalue weighted by Crippen LogP contribution is 2.38. The number of piperidine rings is 1. The molecule has 0 radical (unpaired) electrons. The van der Waals surface area contributed by atoms with Crippen LogP contribution in [0.2, 0.25) is 5.02 Å². The lowest BCUT2D eigenvalue weighted by Crippen LogP contribution is -2.54. The van der Waals surface area contributed by atoms with Crippen molar-refractivity contribution < 1.29 is 19.2 Å². The van der Waals surface area contributed by atoms with Crippen LogP contribution in [0, 0.1) is 10.1 Å². The highest BCUT2D eigenvalue weighted by molar-refractivity contribution is 7.80. The van der Waals surface area contributed by atoms with E-state index in [1.54, 1.807) is 43.5 Å². The second-order valence-corrected chi connectivity index (χ2v) is 10.3. The van der Waals surface area contributed by atoms with Crippen molar-refractivity contribution in [1.82, 2.24) is 5.32 Å². The fraction of sp³-hybridized carbons (Fsp3) is 0.207. The molecule has 204 valence electrons. The number of methoxy groups -OCH3 is 1. The number of carbonyl (C=O) groups excluding carboxylic acids is 2. The van der Waals surface area contributed by atoms with E-state index in [4.69, 9.17) is 28.6 Å². The van der Waals surface area contributed by atoms with Crippen molar-refractivity contribution in [2.75, 3.05) is 30.0 Å². The van der Waals surface area contributed by atoms with Crippen LogP contribution >= 0.6 is 23.8 Å². The molecule has 2 fully saturated rings. The van der Waals surface area contributed by atoms with Crippen LogP contribution in [-0.2, 0) is 9.59 Å². The van der Waals surface area contributed by atoms with Crippen LogP contribution in [-0.4, -0.2) is 42.0 Å². The number of amides is 2. The molecule has 11 heteroatoms. The molecule has 1 N–H and O–H groups in total. The molecule has 0 bridgehead atoms. The minimum atomic E-state index is -0.676. The van der Waals surface area contributed by atoms with Gasteiger partial charge >= 0.3 is 0 Å². The van der Waals surface area contributed by atoms with Gasteiger partial charge in [0.05, 0.1) is 17.7 Å². The summed E-state index contributed by atoms with van der Waals surface area (Å²) in [6, 6.07) is 19.1. The summed E-state index contributed by atoms with van der Waals surface area (Å²) >= 11 is 11.2. The van der Waals surface area contributed by atoms with Gasteiger partial charge in [0.1, 0.15) is 17.0 Å². The van der Waals surface area contributed by atoms with Crippen molar-refractivity contribution in [2.45, 2.75) is 18.8 Å². The van der Waals surface area contributed by atoms with E-state index in [0.717, 1.165) is 24.2 Å². The van der Waals surface area contributed by atoms with Gasteiger partial charge < -0.3 is 9.64 Å². The number of hydrogen-bond acceptors (Lipinski definition) is 7. The van der Waals surface area contributed by atoms with E-state index in [9.17, 15) is 19.7 Å². The highest BCUT2D eigenvalue weighted by Gasteiger charge is 2.35. The standard InChI is InChI=1S/C29H25ClN4O5S/c1-39-26-5-3-2-4-22(26)19-12-14-32(15-13-19)24-11-6-18(17-25(24)34(37)38)16-23-27(35)31-29(40)33(28(23)36)21-9-7-20(30)8-10-21/h2-11,16-17,19H,12-15H2,1H3,(H,31,35,40). The zero-order valence-corrected chi connectivity index (χ0v) is 23.1. The topological polar surface area (TPSA) is 105 Å². The average molecular weight is 577 g/mol. The Morgan fingerprint density at radius 3 is 2.45 bits per heavy atom. The molecule has 3 aromatic rings. The van der Waals surface area contributed by atoms with Gasteiger partial charge in [0, 0.05) is 24.2 Å². The summed E-state index contributed by atoms with van der Waals surface area (Å²) < 4.78 is 5.52. The third kappa shape index (κ3) is 5.41. The van der Waals surface area contributed by atoms with E-state index in [1.807, 2.05) is 23.1 Å². The van der Waals surface area contributed by atoms with E-state index in [-0.39, 0.29) is 16.4 Å². The highest BCUT2D eigenvalue weighted by atomic mass is 35.5. The minimum absolute atomic E-state index is 0.0627. The van der Waals surface area contributed by atoms with Crippen LogP contribution in [0.15, 0.2) is 72.3 Å². The predicted molar refractivity (Wildman–Crippen MR) is 158 cm³/mol. The first-order chi connectivity index (χ1) is 19.3. The summed E-state index contributed by atoms with van der Waals surface area (Å²) in [7, 11) is 1.65. The Morgan fingerprint density at radius 2 is 1.77 bits per heavy atom. The molecule has 2 saturated heterocycles. The second-order valence-electron chi connectivity index (χ2n) is 9.44. The number of ether oxygens (including phenoxy) is 1. The molecule has 40 heavy (non-hydrogen) atoms. The van der Waals surface area contributed by atoms with Crippen LogP contribution in [0.4, 0.5) is 17.1 Å². The van der Waals surface area contributed by atoms with Gasteiger partial charge in [-0.2, -0.15) is 0 Å². The van der Waals surface area contributed by atoms with E-state index in [0.29, 0.717) is 41.0 Å². The number of para-hydroxylation sites is 1. The Kier molecular flexibility index (Phi) is 7.81. The lowest BCUT2D eigenvalue weighted by molar-refractivity contribution is -0.384. The van der Waals surface area contributed by atoms with Crippen LogP contribution < -0.4 is 19.9 Å². The molecule has 5 rings (SSSR count). The molecule has 9 nitrogen and oxygen atoms in total. The number of carbonyl (C=O) groups is 2. The largest absolute Gasteiger partial charge is 0.496 e. The molecular weight excluding hydrogens is 552 g/mol. The van der Waals surface area contributed by atoms with Gasteiger partial charge in [-0.3, -0.25) is 29.9 Å². The maximum absolute atomic E-state index is 13.3. The zero-order valence-electron chi connectivity index (χ0n) is 21.5. The maximum Gasteiger partial charge on any atom is 0.293 e. The Labute approximate surface area is 241 Å².